The van der Waals surface area contributed by atoms with Crippen molar-refractivity contribution >= 4 is 11.6 Å². The zero-order chi connectivity index (χ0) is 16.4. The summed E-state index contributed by atoms with van der Waals surface area (Å²) in [5.74, 6) is 0.389. The summed E-state index contributed by atoms with van der Waals surface area (Å²) in [5, 5.41) is 4.65. The molecule has 0 radical (unpaired) electrons. The highest BCUT2D eigenvalue weighted by molar-refractivity contribution is 6.17. The van der Waals surface area contributed by atoms with Crippen LogP contribution in [0.1, 0.15) is 17.0 Å². The molecule has 0 N–H and O–H groups in total. The van der Waals surface area contributed by atoms with Gasteiger partial charge in [0.1, 0.15) is 5.82 Å². The highest BCUT2D eigenvalue weighted by Gasteiger charge is 2.14. The third-order valence-electron chi connectivity index (χ3n) is 3.99. The van der Waals surface area contributed by atoms with E-state index in [4.69, 9.17) is 11.6 Å². The zero-order valence-electron chi connectivity index (χ0n) is 13.2. The van der Waals surface area contributed by atoms with Crippen LogP contribution in [0.3, 0.4) is 0 Å². The van der Waals surface area contributed by atoms with Crippen LogP contribution in [-0.2, 0) is 6.42 Å². The van der Waals surface area contributed by atoms with Gasteiger partial charge in [0.25, 0.3) is 0 Å². The third-order valence-corrected chi connectivity index (χ3v) is 4.18. The molecule has 0 saturated carbocycles. The van der Waals surface area contributed by atoms with Gasteiger partial charge in [0.15, 0.2) is 0 Å². The number of aryl methyl sites for hydroxylation is 2. The fourth-order valence-electron chi connectivity index (χ4n) is 2.84. The van der Waals surface area contributed by atoms with Crippen molar-refractivity contribution in [3.05, 3.63) is 71.3 Å². The summed E-state index contributed by atoms with van der Waals surface area (Å²) in [4.78, 5) is 0. The van der Waals surface area contributed by atoms with Crippen molar-refractivity contribution in [1.82, 2.24) is 9.78 Å². The van der Waals surface area contributed by atoms with Gasteiger partial charge in [-0.1, -0.05) is 24.3 Å². The molecule has 2 aromatic carbocycles. The highest BCUT2D eigenvalue weighted by Crippen LogP contribution is 2.28. The summed E-state index contributed by atoms with van der Waals surface area (Å²) < 4.78 is 15.1. The van der Waals surface area contributed by atoms with Crippen molar-refractivity contribution in [1.29, 1.82) is 0 Å². The molecular formula is C19H18ClFN2. The number of benzene rings is 2. The third kappa shape index (κ3) is 3.15. The predicted molar refractivity (Wildman–Crippen MR) is 92.9 cm³/mol. The van der Waals surface area contributed by atoms with Crippen LogP contribution in [0.2, 0.25) is 0 Å². The van der Waals surface area contributed by atoms with Crippen LogP contribution in [0.5, 0.6) is 0 Å². The van der Waals surface area contributed by atoms with E-state index in [2.05, 4.69) is 29.4 Å². The molecule has 0 saturated heterocycles. The van der Waals surface area contributed by atoms with Gasteiger partial charge >= 0.3 is 0 Å². The quantitative estimate of drug-likeness (QED) is 0.611. The van der Waals surface area contributed by atoms with Gasteiger partial charge in [0.2, 0.25) is 0 Å². The number of aromatic nitrogens is 2. The Morgan fingerprint density at radius 1 is 1.00 bits per heavy atom. The topological polar surface area (TPSA) is 17.8 Å². The number of alkyl halides is 1. The van der Waals surface area contributed by atoms with Crippen molar-refractivity contribution in [3.8, 4) is 16.8 Å². The summed E-state index contributed by atoms with van der Waals surface area (Å²) in [7, 11) is 0. The normalized spacial score (nSPS) is 11.0. The van der Waals surface area contributed by atoms with E-state index in [1.807, 2.05) is 18.5 Å². The molecule has 3 rings (SSSR count). The second-order valence-corrected chi connectivity index (χ2v) is 5.95. The Hall–Kier alpha value is -2.13. The number of nitrogens with zero attached hydrogens (tertiary/aromatic N) is 2. The SMILES string of the molecule is Cc1nn(-c2ccc(CCCl)cc2)c(C)c1-c1ccc(F)cc1. The zero-order valence-corrected chi connectivity index (χ0v) is 13.9. The molecule has 0 fully saturated rings. The Morgan fingerprint density at radius 3 is 2.26 bits per heavy atom. The molecule has 4 heteroatoms. The first-order valence-electron chi connectivity index (χ1n) is 7.57. The Morgan fingerprint density at radius 2 is 1.65 bits per heavy atom. The lowest BCUT2D eigenvalue weighted by molar-refractivity contribution is 0.628. The van der Waals surface area contributed by atoms with Gasteiger partial charge < -0.3 is 0 Å². The monoisotopic (exact) mass is 328 g/mol. The molecule has 2 nitrogen and oxygen atoms in total. The van der Waals surface area contributed by atoms with E-state index in [9.17, 15) is 4.39 Å². The molecule has 1 heterocycles. The number of halogens is 2. The number of hydrogen-bond donors (Lipinski definition) is 0. The van der Waals surface area contributed by atoms with E-state index in [0.717, 1.165) is 34.6 Å². The lowest BCUT2D eigenvalue weighted by atomic mass is 10.0. The second-order valence-electron chi connectivity index (χ2n) is 5.57. The van der Waals surface area contributed by atoms with Crippen molar-refractivity contribution in [3.63, 3.8) is 0 Å². The van der Waals surface area contributed by atoms with Crippen molar-refractivity contribution in [2.24, 2.45) is 0 Å². The summed E-state index contributed by atoms with van der Waals surface area (Å²) >= 11 is 5.78. The number of hydrogen-bond acceptors (Lipinski definition) is 1. The van der Waals surface area contributed by atoms with Crippen molar-refractivity contribution < 1.29 is 4.39 Å². The standard InChI is InChI=1S/C19H18ClFN2/c1-13-19(16-5-7-17(21)8-6-16)14(2)23(22-13)18-9-3-15(4-10-18)11-12-20/h3-10H,11-12H2,1-2H3. The average Bonchev–Trinajstić information content (AvgIpc) is 2.84. The molecule has 0 aliphatic carbocycles. The van der Waals surface area contributed by atoms with Crippen LogP contribution in [0.25, 0.3) is 16.8 Å². The Balaban J connectivity index is 2.01. The van der Waals surface area contributed by atoms with Crippen LogP contribution in [0, 0.1) is 19.7 Å². The molecule has 0 amide bonds. The van der Waals surface area contributed by atoms with Gasteiger partial charge in [0, 0.05) is 17.1 Å². The van der Waals surface area contributed by atoms with E-state index < -0.39 is 0 Å². The Labute approximate surface area is 140 Å². The molecule has 0 aliphatic heterocycles. The minimum atomic E-state index is -0.230. The summed E-state index contributed by atoms with van der Waals surface area (Å²) in [5.41, 5.74) is 6.22. The molecule has 0 spiro atoms. The van der Waals surface area contributed by atoms with Crippen LogP contribution in [0.4, 0.5) is 4.39 Å². The van der Waals surface area contributed by atoms with Gasteiger partial charge in [-0.2, -0.15) is 5.10 Å². The van der Waals surface area contributed by atoms with Gasteiger partial charge in [-0.05, 0) is 55.7 Å². The predicted octanol–water partition coefficient (Wildman–Crippen LogP) is 5.08. The fourth-order valence-corrected chi connectivity index (χ4v) is 3.06. The van der Waals surface area contributed by atoms with Crippen molar-refractivity contribution in [2.45, 2.75) is 20.3 Å². The first-order chi connectivity index (χ1) is 11.1. The van der Waals surface area contributed by atoms with E-state index >= 15 is 0 Å². The van der Waals surface area contributed by atoms with Crippen LogP contribution in [-0.4, -0.2) is 15.7 Å². The second kappa shape index (κ2) is 6.55. The molecular weight excluding hydrogens is 311 g/mol. The van der Waals surface area contributed by atoms with Gasteiger partial charge in [-0.3, -0.25) is 0 Å². The molecule has 1 aromatic heterocycles. The molecule has 23 heavy (non-hydrogen) atoms. The molecule has 3 aromatic rings. The maximum Gasteiger partial charge on any atom is 0.123 e. The first kappa shape index (κ1) is 15.8. The van der Waals surface area contributed by atoms with Gasteiger partial charge in [-0.25, -0.2) is 9.07 Å². The Kier molecular flexibility index (Phi) is 4.49. The summed E-state index contributed by atoms with van der Waals surface area (Å²) in [6, 6.07) is 14.8. The van der Waals surface area contributed by atoms with Crippen LogP contribution < -0.4 is 0 Å². The molecule has 0 unspecified atom stereocenters. The maximum atomic E-state index is 13.1. The lowest BCUT2D eigenvalue weighted by Crippen LogP contribution is -1.99. The average molecular weight is 329 g/mol. The molecule has 0 bridgehead atoms. The van der Waals surface area contributed by atoms with Gasteiger partial charge in [-0.15, -0.1) is 11.6 Å². The van der Waals surface area contributed by atoms with Crippen LogP contribution in [0.15, 0.2) is 48.5 Å². The maximum absolute atomic E-state index is 13.1. The largest absolute Gasteiger partial charge is 0.237 e. The van der Waals surface area contributed by atoms with E-state index in [1.54, 1.807) is 12.1 Å². The van der Waals surface area contributed by atoms with E-state index in [-0.39, 0.29) is 5.82 Å². The Bertz CT molecular complexity index is 805. The van der Waals surface area contributed by atoms with E-state index in [1.165, 1.54) is 17.7 Å². The molecule has 0 aliphatic rings. The first-order valence-corrected chi connectivity index (χ1v) is 8.11. The van der Waals surface area contributed by atoms with Crippen LogP contribution >= 0.6 is 11.6 Å². The lowest BCUT2D eigenvalue weighted by Gasteiger charge is -2.07. The summed E-state index contributed by atoms with van der Waals surface area (Å²) in [6.45, 7) is 4.01. The molecule has 0 atom stereocenters. The summed E-state index contributed by atoms with van der Waals surface area (Å²) in [6.07, 6.45) is 0.861. The number of rotatable bonds is 4. The minimum absolute atomic E-state index is 0.230. The minimum Gasteiger partial charge on any atom is -0.237 e. The molecule has 118 valence electrons. The van der Waals surface area contributed by atoms with Crippen molar-refractivity contribution in [2.75, 3.05) is 5.88 Å². The van der Waals surface area contributed by atoms with E-state index in [0.29, 0.717) is 5.88 Å². The highest BCUT2D eigenvalue weighted by atomic mass is 35.5. The van der Waals surface area contributed by atoms with Gasteiger partial charge in [0.05, 0.1) is 11.4 Å². The smallest absolute Gasteiger partial charge is 0.123 e. The fraction of sp³-hybridized carbons (Fsp3) is 0.211.